The van der Waals surface area contributed by atoms with Crippen LogP contribution < -0.4 is 4.74 Å². The summed E-state index contributed by atoms with van der Waals surface area (Å²) in [6.45, 7) is 7.23. The van der Waals surface area contributed by atoms with E-state index in [9.17, 15) is 4.79 Å². The molecule has 0 aliphatic heterocycles. The SMILES string of the molecule is CC(C)(C)c1cc(C=O)ccc1OCC1CC1. The van der Waals surface area contributed by atoms with E-state index in [1.54, 1.807) is 0 Å². The Labute approximate surface area is 103 Å². The third-order valence-corrected chi connectivity index (χ3v) is 3.12. The Morgan fingerprint density at radius 1 is 1.35 bits per heavy atom. The molecular weight excluding hydrogens is 212 g/mol. The first-order valence-corrected chi connectivity index (χ1v) is 6.23. The van der Waals surface area contributed by atoms with Crippen molar-refractivity contribution >= 4 is 6.29 Å². The first-order chi connectivity index (χ1) is 8.00. The average molecular weight is 232 g/mol. The molecule has 0 radical (unpaired) electrons. The molecule has 1 aliphatic carbocycles. The van der Waals surface area contributed by atoms with Crippen LogP contribution in [-0.2, 0) is 5.41 Å². The van der Waals surface area contributed by atoms with Crippen molar-refractivity contribution in [2.75, 3.05) is 6.61 Å². The Kier molecular flexibility index (Phi) is 3.23. The van der Waals surface area contributed by atoms with E-state index in [4.69, 9.17) is 4.74 Å². The van der Waals surface area contributed by atoms with Crippen LogP contribution in [-0.4, -0.2) is 12.9 Å². The van der Waals surface area contributed by atoms with Gasteiger partial charge in [0, 0.05) is 11.1 Å². The van der Waals surface area contributed by atoms with E-state index in [2.05, 4.69) is 20.8 Å². The van der Waals surface area contributed by atoms with E-state index < -0.39 is 0 Å². The molecule has 0 N–H and O–H groups in total. The minimum atomic E-state index is -0.00208. The number of aldehydes is 1. The van der Waals surface area contributed by atoms with Crippen molar-refractivity contribution in [3.8, 4) is 5.75 Å². The highest BCUT2D eigenvalue weighted by Gasteiger charge is 2.24. The molecule has 1 saturated carbocycles. The van der Waals surface area contributed by atoms with Gasteiger partial charge in [-0.2, -0.15) is 0 Å². The zero-order valence-corrected chi connectivity index (χ0v) is 10.8. The van der Waals surface area contributed by atoms with Gasteiger partial charge >= 0.3 is 0 Å². The monoisotopic (exact) mass is 232 g/mol. The Balaban J connectivity index is 2.24. The highest BCUT2D eigenvalue weighted by atomic mass is 16.5. The quantitative estimate of drug-likeness (QED) is 0.742. The second-order valence-electron chi connectivity index (χ2n) is 5.88. The van der Waals surface area contributed by atoms with E-state index in [0.29, 0.717) is 5.56 Å². The summed E-state index contributed by atoms with van der Waals surface area (Å²) in [5.41, 5.74) is 1.83. The molecule has 2 nitrogen and oxygen atoms in total. The van der Waals surface area contributed by atoms with Crippen LogP contribution in [0.15, 0.2) is 18.2 Å². The molecule has 17 heavy (non-hydrogen) atoms. The van der Waals surface area contributed by atoms with Gasteiger partial charge in [0.05, 0.1) is 6.61 Å². The molecule has 2 heteroatoms. The number of hydrogen-bond donors (Lipinski definition) is 0. The van der Waals surface area contributed by atoms with Crippen LogP contribution in [0.4, 0.5) is 0 Å². The van der Waals surface area contributed by atoms with Crippen LogP contribution in [0.2, 0.25) is 0 Å². The molecule has 0 heterocycles. The van der Waals surface area contributed by atoms with Gasteiger partial charge in [-0.1, -0.05) is 20.8 Å². The number of hydrogen-bond acceptors (Lipinski definition) is 2. The smallest absolute Gasteiger partial charge is 0.150 e. The van der Waals surface area contributed by atoms with Crippen molar-refractivity contribution in [3.05, 3.63) is 29.3 Å². The van der Waals surface area contributed by atoms with Crippen molar-refractivity contribution < 1.29 is 9.53 Å². The first-order valence-electron chi connectivity index (χ1n) is 6.23. The molecule has 92 valence electrons. The van der Waals surface area contributed by atoms with Crippen molar-refractivity contribution in [2.45, 2.75) is 39.0 Å². The van der Waals surface area contributed by atoms with Crippen LogP contribution in [0.3, 0.4) is 0 Å². The van der Waals surface area contributed by atoms with Gasteiger partial charge in [-0.25, -0.2) is 0 Å². The summed E-state index contributed by atoms with van der Waals surface area (Å²) in [6.07, 6.45) is 3.47. The zero-order chi connectivity index (χ0) is 12.5. The normalized spacial score (nSPS) is 15.7. The van der Waals surface area contributed by atoms with Crippen molar-refractivity contribution in [1.82, 2.24) is 0 Å². The Morgan fingerprint density at radius 2 is 2.06 bits per heavy atom. The van der Waals surface area contributed by atoms with Gasteiger partial charge in [0.1, 0.15) is 12.0 Å². The van der Waals surface area contributed by atoms with Crippen molar-refractivity contribution in [2.24, 2.45) is 5.92 Å². The highest BCUT2D eigenvalue weighted by molar-refractivity contribution is 5.75. The topological polar surface area (TPSA) is 26.3 Å². The summed E-state index contributed by atoms with van der Waals surface area (Å²) in [4.78, 5) is 10.8. The summed E-state index contributed by atoms with van der Waals surface area (Å²) >= 11 is 0. The maximum absolute atomic E-state index is 10.8. The maximum Gasteiger partial charge on any atom is 0.150 e. The van der Waals surface area contributed by atoms with Crippen LogP contribution in [0.25, 0.3) is 0 Å². The first kappa shape index (κ1) is 12.2. The number of benzene rings is 1. The summed E-state index contributed by atoms with van der Waals surface area (Å²) in [7, 11) is 0. The average Bonchev–Trinajstić information content (AvgIpc) is 3.08. The largest absolute Gasteiger partial charge is 0.493 e. The third-order valence-electron chi connectivity index (χ3n) is 3.12. The molecule has 0 amide bonds. The molecule has 0 bridgehead atoms. The van der Waals surface area contributed by atoms with Gasteiger partial charge in [0.25, 0.3) is 0 Å². The minimum Gasteiger partial charge on any atom is -0.493 e. The Hall–Kier alpha value is -1.31. The van der Waals surface area contributed by atoms with Gasteiger partial charge in [-0.05, 0) is 42.4 Å². The number of ether oxygens (including phenoxy) is 1. The van der Waals surface area contributed by atoms with E-state index in [0.717, 1.165) is 30.1 Å². The zero-order valence-electron chi connectivity index (χ0n) is 10.8. The molecule has 1 fully saturated rings. The summed E-state index contributed by atoms with van der Waals surface area (Å²) in [6, 6.07) is 5.69. The molecule has 1 aliphatic rings. The van der Waals surface area contributed by atoms with Gasteiger partial charge in [0.2, 0.25) is 0 Å². The fourth-order valence-corrected chi connectivity index (χ4v) is 1.83. The lowest BCUT2D eigenvalue weighted by atomic mass is 9.85. The fourth-order valence-electron chi connectivity index (χ4n) is 1.83. The summed E-state index contributed by atoms with van der Waals surface area (Å²) in [5, 5.41) is 0. The molecule has 0 spiro atoms. The van der Waals surface area contributed by atoms with Crippen molar-refractivity contribution in [1.29, 1.82) is 0 Å². The Bertz CT molecular complexity index is 411. The molecule has 0 saturated heterocycles. The van der Waals surface area contributed by atoms with Crippen molar-refractivity contribution in [3.63, 3.8) is 0 Å². The molecule has 0 aromatic heterocycles. The lowest BCUT2D eigenvalue weighted by Crippen LogP contribution is -2.14. The Morgan fingerprint density at radius 3 is 2.59 bits per heavy atom. The fraction of sp³-hybridized carbons (Fsp3) is 0.533. The molecule has 0 unspecified atom stereocenters. The molecule has 0 atom stereocenters. The van der Waals surface area contributed by atoms with Crippen LogP contribution in [0.1, 0.15) is 49.5 Å². The second-order valence-corrected chi connectivity index (χ2v) is 5.88. The minimum absolute atomic E-state index is 0.00208. The lowest BCUT2D eigenvalue weighted by molar-refractivity contribution is 0.112. The molecule has 2 rings (SSSR count). The third kappa shape index (κ3) is 3.09. The van der Waals surface area contributed by atoms with E-state index in [1.165, 1.54) is 12.8 Å². The van der Waals surface area contributed by atoms with Gasteiger partial charge in [-0.3, -0.25) is 4.79 Å². The summed E-state index contributed by atoms with van der Waals surface area (Å²) in [5.74, 6) is 1.67. The summed E-state index contributed by atoms with van der Waals surface area (Å²) < 4.78 is 5.87. The van der Waals surface area contributed by atoms with Crippen LogP contribution in [0, 0.1) is 5.92 Å². The standard InChI is InChI=1S/C15H20O2/c1-15(2,3)13-8-12(9-16)6-7-14(13)17-10-11-4-5-11/h6-9,11H,4-5,10H2,1-3H3. The molecular formula is C15H20O2. The number of carbonyl (C=O) groups is 1. The van der Waals surface area contributed by atoms with Crippen LogP contribution >= 0.6 is 0 Å². The van der Waals surface area contributed by atoms with E-state index >= 15 is 0 Å². The van der Waals surface area contributed by atoms with E-state index in [-0.39, 0.29) is 5.41 Å². The van der Waals surface area contributed by atoms with E-state index in [1.807, 2.05) is 18.2 Å². The predicted molar refractivity (Wildman–Crippen MR) is 68.7 cm³/mol. The highest BCUT2D eigenvalue weighted by Crippen LogP contribution is 2.34. The van der Waals surface area contributed by atoms with Crippen LogP contribution in [0.5, 0.6) is 5.75 Å². The number of rotatable bonds is 4. The second kappa shape index (κ2) is 4.52. The van der Waals surface area contributed by atoms with Gasteiger partial charge in [-0.15, -0.1) is 0 Å². The predicted octanol–water partition coefficient (Wildman–Crippen LogP) is 3.59. The number of carbonyl (C=O) groups excluding carboxylic acids is 1. The maximum atomic E-state index is 10.8. The molecule has 1 aromatic rings. The van der Waals surface area contributed by atoms with Gasteiger partial charge in [0.15, 0.2) is 0 Å². The lowest BCUT2D eigenvalue weighted by Gasteiger charge is -2.23. The molecule has 1 aromatic carbocycles. The van der Waals surface area contributed by atoms with Gasteiger partial charge < -0.3 is 4.74 Å².